The molecule has 0 spiro atoms. The molecule has 8 nitrogen and oxygen atoms in total. The standard InChI is InChI=1S/C26H21FN4O4/c1-2-35-20-7-8-22-21(13-20)24(25(33)26(34)30-19-9-11-28-12-10-19)23(14-29-16-32)31(22)15-17-3-5-18(27)6-4-17/h3-13H,2,14-15H2,1H3,(H,28,30,34). The SMILES string of the molecule is CCOc1ccc2c(c1)c(C(=O)C(=O)Nc1ccncc1)c(CN=C=O)n2Cc1ccc(F)cc1. The summed E-state index contributed by atoms with van der Waals surface area (Å²) in [5.74, 6) is -1.50. The van der Waals surface area contributed by atoms with E-state index in [-0.39, 0.29) is 24.5 Å². The predicted molar refractivity (Wildman–Crippen MR) is 128 cm³/mol. The molecule has 0 saturated heterocycles. The molecule has 0 aliphatic heterocycles. The third-order valence-electron chi connectivity index (χ3n) is 5.37. The van der Waals surface area contributed by atoms with E-state index in [2.05, 4.69) is 15.3 Å². The molecule has 0 saturated carbocycles. The molecule has 9 heteroatoms. The quantitative estimate of drug-likeness (QED) is 0.170. The molecule has 0 fully saturated rings. The van der Waals surface area contributed by atoms with Crippen molar-refractivity contribution in [3.63, 3.8) is 0 Å². The first-order valence-corrected chi connectivity index (χ1v) is 10.8. The Hall–Kier alpha value is -4.62. The van der Waals surface area contributed by atoms with Gasteiger partial charge in [-0.1, -0.05) is 12.1 Å². The summed E-state index contributed by atoms with van der Waals surface area (Å²) in [5.41, 5.74) is 2.27. The highest BCUT2D eigenvalue weighted by molar-refractivity contribution is 6.48. The fourth-order valence-corrected chi connectivity index (χ4v) is 3.86. The molecule has 2 heterocycles. The van der Waals surface area contributed by atoms with Crippen LogP contribution in [0.15, 0.2) is 72.0 Å². The first-order valence-electron chi connectivity index (χ1n) is 10.8. The van der Waals surface area contributed by atoms with Gasteiger partial charge in [0.1, 0.15) is 11.6 Å². The Kier molecular flexibility index (Phi) is 7.09. The number of halogens is 1. The Morgan fingerprint density at radius 3 is 2.54 bits per heavy atom. The number of nitrogens with one attached hydrogen (secondary N) is 1. The van der Waals surface area contributed by atoms with E-state index < -0.39 is 11.7 Å². The minimum absolute atomic E-state index is 0.106. The Labute approximate surface area is 200 Å². The number of ketones is 1. The second kappa shape index (κ2) is 10.5. The molecule has 35 heavy (non-hydrogen) atoms. The number of ether oxygens (including phenoxy) is 1. The van der Waals surface area contributed by atoms with Gasteiger partial charge in [-0.15, -0.1) is 0 Å². The maximum atomic E-state index is 13.5. The molecule has 176 valence electrons. The van der Waals surface area contributed by atoms with Gasteiger partial charge in [-0.25, -0.2) is 9.18 Å². The number of benzene rings is 2. The van der Waals surface area contributed by atoms with Gasteiger partial charge in [0.2, 0.25) is 6.08 Å². The molecule has 2 aromatic heterocycles. The zero-order chi connectivity index (χ0) is 24.8. The van der Waals surface area contributed by atoms with Gasteiger partial charge in [0.25, 0.3) is 11.7 Å². The highest BCUT2D eigenvalue weighted by atomic mass is 19.1. The molecule has 0 radical (unpaired) electrons. The maximum Gasteiger partial charge on any atom is 0.296 e. The Morgan fingerprint density at radius 1 is 1.11 bits per heavy atom. The van der Waals surface area contributed by atoms with Crippen LogP contribution in [-0.2, 0) is 22.7 Å². The summed E-state index contributed by atoms with van der Waals surface area (Å²) in [6.45, 7) is 2.33. The third-order valence-corrected chi connectivity index (χ3v) is 5.37. The second-order valence-electron chi connectivity index (χ2n) is 7.57. The molecule has 2 aromatic carbocycles. The van der Waals surface area contributed by atoms with Crippen LogP contribution in [0.25, 0.3) is 10.9 Å². The molecule has 0 aliphatic rings. The number of pyridine rings is 1. The number of hydrogen-bond acceptors (Lipinski definition) is 6. The van der Waals surface area contributed by atoms with Crippen LogP contribution in [-0.4, -0.2) is 33.9 Å². The molecule has 0 atom stereocenters. The molecule has 4 rings (SSSR count). The average molecular weight is 472 g/mol. The van der Waals surface area contributed by atoms with Gasteiger partial charge in [-0.2, -0.15) is 4.99 Å². The van der Waals surface area contributed by atoms with Gasteiger partial charge in [0.15, 0.2) is 0 Å². The van der Waals surface area contributed by atoms with Gasteiger partial charge in [-0.05, 0) is 55.0 Å². The normalized spacial score (nSPS) is 10.6. The smallest absolute Gasteiger partial charge is 0.296 e. The number of nitrogens with zero attached hydrogens (tertiary/aromatic N) is 3. The lowest BCUT2D eigenvalue weighted by molar-refractivity contribution is -0.112. The highest BCUT2D eigenvalue weighted by Crippen LogP contribution is 2.32. The van der Waals surface area contributed by atoms with E-state index in [1.807, 2.05) is 6.92 Å². The van der Waals surface area contributed by atoms with Crippen LogP contribution in [0.5, 0.6) is 5.75 Å². The summed E-state index contributed by atoms with van der Waals surface area (Å²) >= 11 is 0. The van der Waals surface area contributed by atoms with Crippen LogP contribution in [0, 0.1) is 5.82 Å². The van der Waals surface area contributed by atoms with Crippen LogP contribution in [0.1, 0.15) is 28.5 Å². The fourth-order valence-electron chi connectivity index (χ4n) is 3.86. The minimum Gasteiger partial charge on any atom is -0.494 e. The third kappa shape index (κ3) is 5.15. The molecule has 0 unspecified atom stereocenters. The molecule has 0 aliphatic carbocycles. The van der Waals surface area contributed by atoms with Crippen molar-refractivity contribution in [3.8, 4) is 5.75 Å². The van der Waals surface area contributed by atoms with Crippen molar-refractivity contribution in [3.05, 3.63) is 89.6 Å². The molecule has 4 aromatic rings. The minimum atomic E-state index is -0.852. The topological polar surface area (TPSA) is 103 Å². The van der Waals surface area contributed by atoms with Crippen molar-refractivity contribution in [1.29, 1.82) is 0 Å². The summed E-state index contributed by atoms with van der Waals surface area (Å²) in [5, 5.41) is 3.05. The van der Waals surface area contributed by atoms with Crippen molar-refractivity contribution < 1.29 is 23.5 Å². The Morgan fingerprint density at radius 2 is 1.86 bits per heavy atom. The second-order valence-corrected chi connectivity index (χ2v) is 7.57. The number of rotatable bonds is 9. The molecular weight excluding hydrogens is 451 g/mol. The molecule has 1 amide bonds. The van der Waals surface area contributed by atoms with Crippen LogP contribution in [0.3, 0.4) is 0 Å². The largest absolute Gasteiger partial charge is 0.494 e. The molecule has 0 bridgehead atoms. The number of amides is 1. The lowest BCUT2D eigenvalue weighted by Gasteiger charge is -2.11. The summed E-state index contributed by atoms with van der Waals surface area (Å²) in [6.07, 6.45) is 4.48. The lowest BCUT2D eigenvalue weighted by atomic mass is 10.0. The number of anilines is 1. The van der Waals surface area contributed by atoms with Gasteiger partial charge in [0.05, 0.1) is 24.4 Å². The number of carbonyl (C=O) groups excluding carboxylic acids is 3. The van der Waals surface area contributed by atoms with E-state index >= 15 is 0 Å². The zero-order valence-electron chi connectivity index (χ0n) is 18.8. The van der Waals surface area contributed by atoms with Crippen LogP contribution < -0.4 is 10.1 Å². The highest BCUT2D eigenvalue weighted by Gasteiger charge is 2.27. The van der Waals surface area contributed by atoms with Gasteiger partial charge in [0, 0.05) is 35.5 Å². The first-order chi connectivity index (χ1) is 17.0. The number of fused-ring (bicyclic) bond motifs is 1. The Balaban J connectivity index is 1.87. The van der Waals surface area contributed by atoms with Crippen LogP contribution in [0.2, 0.25) is 0 Å². The van der Waals surface area contributed by atoms with E-state index in [1.165, 1.54) is 30.6 Å². The van der Waals surface area contributed by atoms with Crippen molar-refractivity contribution in [2.45, 2.75) is 20.0 Å². The van der Waals surface area contributed by atoms with Crippen molar-refractivity contribution in [2.75, 3.05) is 11.9 Å². The predicted octanol–water partition coefficient (Wildman–Crippen LogP) is 4.28. The zero-order valence-corrected chi connectivity index (χ0v) is 18.8. The van der Waals surface area contributed by atoms with Gasteiger partial charge >= 0.3 is 0 Å². The van der Waals surface area contributed by atoms with Crippen LogP contribution >= 0.6 is 0 Å². The number of carbonyl (C=O) groups is 2. The van der Waals surface area contributed by atoms with E-state index in [0.717, 1.165) is 5.56 Å². The van der Waals surface area contributed by atoms with Crippen LogP contribution in [0.4, 0.5) is 10.1 Å². The van der Waals surface area contributed by atoms with Gasteiger partial charge in [-0.3, -0.25) is 14.6 Å². The monoisotopic (exact) mass is 472 g/mol. The lowest BCUT2D eigenvalue weighted by Crippen LogP contribution is -2.24. The first kappa shape index (κ1) is 23.5. The maximum absolute atomic E-state index is 13.5. The van der Waals surface area contributed by atoms with Crippen molar-refractivity contribution in [2.24, 2.45) is 4.99 Å². The van der Waals surface area contributed by atoms with Crippen molar-refractivity contribution >= 4 is 34.4 Å². The molecule has 1 N–H and O–H groups in total. The van der Waals surface area contributed by atoms with E-state index in [4.69, 9.17) is 4.74 Å². The number of Topliss-reactive ketones (excluding diaryl/α,β-unsaturated/α-hetero) is 1. The van der Waals surface area contributed by atoms with Gasteiger partial charge < -0.3 is 14.6 Å². The summed E-state index contributed by atoms with van der Waals surface area (Å²) in [4.78, 5) is 44.9. The fraction of sp³-hybridized carbons (Fsp3) is 0.154. The van der Waals surface area contributed by atoms with E-state index in [0.29, 0.717) is 34.6 Å². The number of hydrogen-bond donors (Lipinski definition) is 1. The number of aromatic nitrogens is 2. The summed E-state index contributed by atoms with van der Waals surface area (Å²) < 4.78 is 20.8. The number of aliphatic imine (C=N–C) groups is 1. The Bertz CT molecular complexity index is 1430. The van der Waals surface area contributed by atoms with E-state index in [1.54, 1.807) is 47.0 Å². The summed E-state index contributed by atoms with van der Waals surface area (Å²) in [7, 11) is 0. The molecular formula is C26H21FN4O4. The van der Waals surface area contributed by atoms with Crippen molar-refractivity contribution in [1.82, 2.24) is 9.55 Å². The summed E-state index contributed by atoms with van der Waals surface area (Å²) in [6, 6.07) is 14.3. The van der Waals surface area contributed by atoms with E-state index in [9.17, 15) is 18.8 Å². The average Bonchev–Trinajstić information content (AvgIpc) is 3.16. The number of isocyanates is 1.